The number of hydrogen-bond acceptors (Lipinski definition) is 1. The zero-order valence-corrected chi connectivity index (χ0v) is 5.52. The Balaban J connectivity index is 3.22. The molecule has 1 nitrogen and oxygen atoms in total. The van der Waals surface area contributed by atoms with E-state index in [1.807, 2.05) is 19.1 Å². The average molecular weight is 119 g/mol. The van der Waals surface area contributed by atoms with E-state index in [1.54, 1.807) is 6.07 Å². The van der Waals surface area contributed by atoms with Crippen LogP contribution in [0.4, 0.5) is 0 Å². The van der Waals surface area contributed by atoms with E-state index in [1.165, 1.54) is 0 Å². The van der Waals surface area contributed by atoms with E-state index < -0.39 is 0 Å². The highest BCUT2D eigenvalue weighted by Crippen LogP contribution is 1.86. The van der Waals surface area contributed by atoms with Crippen LogP contribution in [0.1, 0.15) is 19.8 Å². The monoisotopic (exact) mass is 119 g/mol. The normalized spacial score (nSPS) is 8.00. The molecule has 0 radical (unpaired) electrons. The smallest absolute Gasteiger partial charge is 0.152 e. The molecule has 0 bridgehead atoms. The quantitative estimate of drug-likeness (QED) is 0.309. The molecular formula is C8H9N. The third kappa shape index (κ3) is 6.79. The molecule has 0 saturated heterocycles. The third-order valence-electron chi connectivity index (χ3n) is 0.816. The summed E-state index contributed by atoms with van der Waals surface area (Å²) >= 11 is 0. The number of nitrogens with zero attached hydrogens (tertiary/aromatic N) is 1. The Kier molecular flexibility index (Phi) is 5.88. The summed E-state index contributed by atoms with van der Waals surface area (Å²) in [6.07, 6.45) is 5.75. The van der Waals surface area contributed by atoms with Gasteiger partial charge >= 0.3 is 0 Å². The van der Waals surface area contributed by atoms with E-state index in [0.29, 0.717) is 0 Å². The molecule has 0 spiro atoms. The Morgan fingerprint density at radius 3 is 2.89 bits per heavy atom. The summed E-state index contributed by atoms with van der Waals surface area (Å²) in [5.41, 5.74) is 0. The largest absolute Gasteiger partial charge is 0.183 e. The second-order valence-electron chi connectivity index (χ2n) is 1.52. The van der Waals surface area contributed by atoms with Crippen LogP contribution in [-0.2, 0) is 0 Å². The summed E-state index contributed by atoms with van der Waals surface area (Å²) < 4.78 is 0. The molecular weight excluding hydrogens is 110 g/mol. The molecule has 46 valence electrons. The molecule has 0 atom stereocenters. The average Bonchev–Trinajstić information content (AvgIpc) is 1.89. The van der Waals surface area contributed by atoms with Crippen molar-refractivity contribution in [1.29, 1.82) is 5.26 Å². The molecule has 0 saturated carbocycles. The predicted molar refractivity (Wildman–Crippen MR) is 37.4 cm³/mol. The van der Waals surface area contributed by atoms with E-state index in [-0.39, 0.29) is 0 Å². The van der Waals surface area contributed by atoms with Gasteiger partial charge in [-0.05, 0) is 13.3 Å². The first-order chi connectivity index (χ1) is 4.41. The Bertz CT molecular complexity index is 173. The van der Waals surface area contributed by atoms with Gasteiger partial charge in [0.2, 0.25) is 0 Å². The Hall–Kier alpha value is -1.21. The van der Waals surface area contributed by atoms with Crippen LogP contribution in [0.5, 0.6) is 0 Å². The molecule has 0 rings (SSSR count). The minimum atomic E-state index is 0.790. The van der Waals surface area contributed by atoms with Gasteiger partial charge < -0.3 is 0 Å². The van der Waals surface area contributed by atoms with Crippen molar-refractivity contribution in [3.63, 3.8) is 0 Å². The summed E-state index contributed by atoms with van der Waals surface area (Å²) in [6.45, 7) is 1.97. The fourth-order valence-electron chi connectivity index (χ4n) is 0.424. The lowest BCUT2D eigenvalue weighted by atomic mass is 10.3. The highest BCUT2D eigenvalue weighted by molar-refractivity contribution is 5.16. The van der Waals surface area contributed by atoms with Gasteiger partial charge in [-0.3, -0.25) is 0 Å². The molecule has 1 heteroatoms. The third-order valence-corrected chi connectivity index (χ3v) is 0.816. The molecule has 0 aliphatic heterocycles. The number of nitriles is 1. The lowest BCUT2D eigenvalue weighted by molar-refractivity contribution is 1.08. The van der Waals surface area contributed by atoms with Crippen LogP contribution in [0.25, 0.3) is 0 Å². The Labute approximate surface area is 56.0 Å². The van der Waals surface area contributed by atoms with E-state index in [2.05, 4.69) is 11.8 Å². The first kappa shape index (κ1) is 7.79. The maximum Gasteiger partial charge on any atom is 0.152 e. The minimum absolute atomic E-state index is 0.790. The van der Waals surface area contributed by atoms with Gasteiger partial charge in [-0.1, -0.05) is 18.1 Å². The van der Waals surface area contributed by atoms with Gasteiger partial charge in [0.15, 0.2) is 6.07 Å². The van der Waals surface area contributed by atoms with Crippen LogP contribution in [0.2, 0.25) is 0 Å². The van der Waals surface area contributed by atoms with Crippen molar-refractivity contribution in [2.24, 2.45) is 0 Å². The van der Waals surface area contributed by atoms with Crippen LogP contribution in [0, 0.1) is 23.2 Å². The second-order valence-corrected chi connectivity index (χ2v) is 1.52. The predicted octanol–water partition coefficient (Wildman–Crippen LogP) is 1.87. The highest BCUT2D eigenvalue weighted by Gasteiger charge is 1.71. The fraction of sp³-hybridized carbons (Fsp3) is 0.375. The van der Waals surface area contributed by atoms with Crippen molar-refractivity contribution in [3.05, 3.63) is 12.2 Å². The first-order valence-electron chi connectivity index (χ1n) is 2.90. The number of hydrogen-bond donors (Lipinski definition) is 0. The van der Waals surface area contributed by atoms with Gasteiger partial charge in [0.05, 0.1) is 0 Å². The van der Waals surface area contributed by atoms with Crippen molar-refractivity contribution in [1.82, 2.24) is 0 Å². The van der Waals surface area contributed by atoms with Gasteiger partial charge in [-0.15, -0.1) is 0 Å². The molecule has 0 aromatic carbocycles. The Morgan fingerprint density at radius 1 is 1.56 bits per heavy atom. The van der Waals surface area contributed by atoms with E-state index in [0.717, 1.165) is 12.8 Å². The standard InChI is InChI=1S/C8H9N/c1-2-3-4-5-6-7-8-9/h2-3H,4-5H2,1H3. The molecule has 0 aliphatic rings. The van der Waals surface area contributed by atoms with Gasteiger partial charge in [0.1, 0.15) is 0 Å². The van der Waals surface area contributed by atoms with Gasteiger partial charge in [0, 0.05) is 12.3 Å². The summed E-state index contributed by atoms with van der Waals surface area (Å²) in [7, 11) is 0. The van der Waals surface area contributed by atoms with Gasteiger partial charge in [-0.2, -0.15) is 5.26 Å². The van der Waals surface area contributed by atoms with Crippen LogP contribution in [0.15, 0.2) is 12.2 Å². The maximum absolute atomic E-state index is 7.98. The molecule has 0 heterocycles. The number of rotatable bonds is 2. The minimum Gasteiger partial charge on any atom is -0.183 e. The van der Waals surface area contributed by atoms with Crippen molar-refractivity contribution < 1.29 is 0 Å². The van der Waals surface area contributed by atoms with Crippen molar-refractivity contribution >= 4 is 0 Å². The summed E-state index contributed by atoms with van der Waals surface area (Å²) in [5, 5.41) is 7.98. The summed E-state index contributed by atoms with van der Waals surface area (Å²) in [5.74, 6) is 5.04. The molecule has 0 aromatic heterocycles. The molecule has 9 heavy (non-hydrogen) atoms. The first-order valence-corrected chi connectivity index (χ1v) is 2.90. The zero-order valence-electron chi connectivity index (χ0n) is 5.52. The van der Waals surface area contributed by atoms with Crippen LogP contribution < -0.4 is 0 Å². The number of unbranched alkanes of at least 4 members (excludes halogenated alkanes) is 1. The lowest BCUT2D eigenvalue weighted by Gasteiger charge is -1.77. The van der Waals surface area contributed by atoms with Crippen molar-refractivity contribution in [2.45, 2.75) is 19.8 Å². The van der Waals surface area contributed by atoms with Gasteiger partial charge in [-0.25, -0.2) is 0 Å². The molecule has 0 fully saturated rings. The van der Waals surface area contributed by atoms with E-state index >= 15 is 0 Å². The van der Waals surface area contributed by atoms with Crippen molar-refractivity contribution in [3.8, 4) is 17.9 Å². The van der Waals surface area contributed by atoms with E-state index in [4.69, 9.17) is 5.26 Å². The van der Waals surface area contributed by atoms with Crippen LogP contribution in [-0.4, -0.2) is 0 Å². The molecule has 0 amide bonds. The second kappa shape index (κ2) is 6.79. The molecule has 0 aromatic rings. The molecule has 0 unspecified atom stereocenters. The highest BCUT2D eigenvalue weighted by atomic mass is 14.2. The van der Waals surface area contributed by atoms with Crippen LogP contribution >= 0.6 is 0 Å². The number of allylic oxidation sites excluding steroid dienone is 2. The van der Waals surface area contributed by atoms with Gasteiger partial charge in [0.25, 0.3) is 0 Å². The fourth-order valence-corrected chi connectivity index (χ4v) is 0.424. The topological polar surface area (TPSA) is 23.8 Å². The van der Waals surface area contributed by atoms with Crippen molar-refractivity contribution in [2.75, 3.05) is 0 Å². The Morgan fingerprint density at radius 2 is 2.33 bits per heavy atom. The van der Waals surface area contributed by atoms with Crippen LogP contribution in [0.3, 0.4) is 0 Å². The molecule has 0 aliphatic carbocycles. The maximum atomic E-state index is 7.98. The van der Waals surface area contributed by atoms with E-state index in [9.17, 15) is 0 Å². The summed E-state index contributed by atoms with van der Waals surface area (Å²) in [6, 6.07) is 1.76. The summed E-state index contributed by atoms with van der Waals surface area (Å²) in [4.78, 5) is 0. The lowest BCUT2D eigenvalue weighted by Crippen LogP contribution is -1.62. The zero-order chi connectivity index (χ0) is 6.95. The molecule has 0 N–H and O–H groups in total. The SMILES string of the molecule is CC=CCCC#CC#N.